The molecule has 4 heterocycles. The molecule has 0 spiro atoms. The average molecular weight is 945 g/mol. The highest BCUT2D eigenvalue weighted by Gasteiger charge is 2.15. The number of nitrogens with zero attached hydrogens (tertiary/aromatic N) is 6. The summed E-state index contributed by atoms with van der Waals surface area (Å²) in [6.07, 6.45) is 6.07. The number of fused-ring (bicyclic) bond motifs is 6. The van der Waals surface area contributed by atoms with E-state index in [1.807, 2.05) is 50.5 Å². The van der Waals surface area contributed by atoms with Crippen molar-refractivity contribution in [3.8, 4) is 22.5 Å². The molecule has 14 nitrogen and oxygen atoms in total. The number of benzene rings is 4. The topological polar surface area (TPSA) is 161 Å². The van der Waals surface area contributed by atoms with E-state index in [9.17, 15) is 9.59 Å². The second-order valence-electron chi connectivity index (χ2n) is 16.0. The molecule has 0 aliphatic rings. The van der Waals surface area contributed by atoms with Gasteiger partial charge in [-0.05, 0) is 114 Å². The SMILES string of the molecule is CCN(CC)CCCNC(=O)c1ccc2c(c1)sc1nc(-c3ccc(CNC)cc3)cn12.CCN(CC)CCCNC(=O)c1ccc2c(c1)sc1nc(-c3ccc(CNC)cc3)cn12.O=CO. The Bertz CT molecular complexity index is 2630. The Balaban J connectivity index is 0.000000209. The zero-order chi connectivity index (χ0) is 47.7. The maximum atomic E-state index is 12.6. The van der Waals surface area contributed by atoms with Crippen molar-refractivity contribution >= 4 is 71.3 Å². The van der Waals surface area contributed by atoms with Crippen molar-refractivity contribution in [1.82, 2.24) is 49.8 Å². The van der Waals surface area contributed by atoms with Gasteiger partial charge in [0.05, 0.1) is 31.8 Å². The van der Waals surface area contributed by atoms with Crippen LogP contribution in [0.25, 0.3) is 52.9 Å². The Hall–Kier alpha value is -6.01. The number of imidazole rings is 2. The standard InChI is InChI=1S/2C25H31N5OS.CH2O2/c2*1-4-29(5-2)14-6-13-27-24(31)20-11-12-22-23(15-20)32-25-28-21(17-30(22)25)19-9-7-18(8-10-19)16-26-3;2-1-3/h2*7-12,15,17,26H,4-6,13-14,16H2,1-3H3,(H,27,31);1H,(H,2,3). The molecule has 354 valence electrons. The Morgan fingerprint density at radius 2 is 0.985 bits per heavy atom. The Kier molecular flexibility index (Phi) is 19.0. The molecule has 0 radical (unpaired) electrons. The molecule has 0 saturated carbocycles. The largest absolute Gasteiger partial charge is 0.483 e. The van der Waals surface area contributed by atoms with E-state index < -0.39 is 0 Å². The van der Waals surface area contributed by atoms with Crippen molar-refractivity contribution in [2.45, 2.75) is 53.6 Å². The van der Waals surface area contributed by atoms with Crippen LogP contribution >= 0.6 is 22.7 Å². The van der Waals surface area contributed by atoms with Crippen LogP contribution in [0.5, 0.6) is 0 Å². The van der Waals surface area contributed by atoms with Gasteiger partial charge in [0, 0.05) is 60.8 Å². The van der Waals surface area contributed by atoms with Gasteiger partial charge in [-0.25, -0.2) is 9.97 Å². The van der Waals surface area contributed by atoms with Crippen LogP contribution in [0.1, 0.15) is 72.4 Å². The fraction of sp³-hybridized carbons (Fsp3) is 0.353. The van der Waals surface area contributed by atoms with Crippen molar-refractivity contribution in [2.24, 2.45) is 0 Å². The molecule has 8 aromatic rings. The van der Waals surface area contributed by atoms with Crippen molar-refractivity contribution in [2.75, 3.05) is 66.5 Å². The third-order valence-corrected chi connectivity index (χ3v) is 13.7. The van der Waals surface area contributed by atoms with Crippen LogP contribution in [0.15, 0.2) is 97.3 Å². The fourth-order valence-corrected chi connectivity index (χ4v) is 9.94. The van der Waals surface area contributed by atoms with E-state index in [1.165, 1.54) is 11.1 Å². The summed E-state index contributed by atoms with van der Waals surface area (Å²) in [6, 6.07) is 28.8. The van der Waals surface area contributed by atoms with Crippen LogP contribution in [0.2, 0.25) is 0 Å². The zero-order valence-electron chi connectivity index (χ0n) is 39.5. The van der Waals surface area contributed by atoms with Gasteiger partial charge < -0.3 is 36.2 Å². The first-order valence-electron chi connectivity index (χ1n) is 23.1. The summed E-state index contributed by atoms with van der Waals surface area (Å²) in [7, 11) is 3.90. The summed E-state index contributed by atoms with van der Waals surface area (Å²) < 4.78 is 6.36. The lowest BCUT2D eigenvalue weighted by Gasteiger charge is -2.17. The van der Waals surface area contributed by atoms with E-state index >= 15 is 0 Å². The summed E-state index contributed by atoms with van der Waals surface area (Å²) in [4.78, 5) is 49.8. The number of amides is 2. The predicted octanol–water partition coefficient (Wildman–Crippen LogP) is 8.50. The molecule has 0 saturated heterocycles. The minimum atomic E-state index is -0.250. The van der Waals surface area contributed by atoms with Gasteiger partial charge in [-0.2, -0.15) is 0 Å². The minimum Gasteiger partial charge on any atom is -0.483 e. The molecular formula is C51H64N10O4S2. The van der Waals surface area contributed by atoms with E-state index in [1.54, 1.807) is 22.7 Å². The first-order chi connectivity index (χ1) is 32.7. The molecule has 4 aromatic heterocycles. The van der Waals surface area contributed by atoms with Gasteiger partial charge in [0.2, 0.25) is 0 Å². The predicted molar refractivity (Wildman–Crippen MR) is 276 cm³/mol. The lowest BCUT2D eigenvalue weighted by atomic mass is 10.1. The lowest BCUT2D eigenvalue weighted by Crippen LogP contribution is -2.29. The normalized spacial score (nSPS) is 11.3. The third kappa shape index (κ3) is 13.1. The summed E-state index contributed by atoms with van der Waals surface area (Å²) in [5.74, 6) is -0.0281. The van der Waals surface area contributed by atoms with E-state index in [0.717, 1.165) is 118 Å². The molecule has 0 aliphatic carbocycles. The van der Waals surface area contributed by atoms with Crippen LogP contribution in [0.4, 0.5) is 0 Å². The highest BCUT2D eigenvalue weighted by Crippen LogP contribution is 2.32. The lowest BCUT2D eigenvalue weighted by molar-refractivity contribution is -0.122. The van der Waals surface area contributed by atoms with Crippen molar-refractivity contribution in [3.63, 3.8) is 0 Å². The Morgan fingerprint density at radius 1 is 0.612 bits per heavy atom. The van der Waals surface area contributed by atoms with Gasteiger partial charge in [0.15, 0.2) is 9.92 Å². The van der Waals surface area contributed by atoms with Gasteiger partial charge in [-0.3, -0.25) is 23.2 Å². The molecule has 0 atom stereocenters. The number of hydrogen-bond acceptors (Lipinski definition) is 11. The molecule has 16 heteroatoms. The highest BCUT2D eigenvalue weighted by atomic mass is 32.1. The summed E-state index contributed by atoms with van der Waals surface area (Å²) in [5.41, 5.74) is 10.2. The second-order valence-corrected chi connectivity index (χ2v) is 18.0. The van der Waals surface area contributed by atoms with Crippen LogP contribution in [0, 0.1) is 0 Å². The van der Waals surface area contributed by atoms with Gasteiger partial charge in [-0.1, -0.05) is 98.9 Å². The van der Waals surface area contributed by atoms with E-state index in [0.29, 0.717) is 24.2 Å². The molecule has 0 aliphatic heterocycles. The van der Waals surface area contributed by atoms with Gasteiger partial charge >= 0.3 is 0 Å². The number of carbonyl (C=O) groups excluding carboxylic acids is 2. The van der Waals surface area contributed by atoms with Gasteiger partial charge in [-0.15, -0.1) is 0 Å². The monoisotopic (exact) mass is 944 g/mol. The molecule has 0 bridgehead atoms. The number of carbonyl (C=O) groups is 3. The summed E-state index contributed by atoms with van der Waals surface area (Å²) in [6.45, 7) is 17.7. The zero-order valence-corrected chi connectivity index (χ0v) is 41.1. The maximum Gasteiger partial charge on any atom is 0.290 e. The molecular weight excluding hydrogens is 881 g/mol. The quantitative estimate of drug-likeness (QED) is 0.0371. The highest BCUT2D eigenvalue weighted by molar-refractivity contribution is 7.24. The first-order valence-corrected chi connectivity index (χ1v) is 24.7. The number of nitrogens with one attached hydrogen (secondary N) is 4. The van der Waals surface area contributed by atoms with Gasteiger partial charge in [0.25, 0.3) is 18.3 Å². The van der Waals surface area contributed by atoms with E-state index in [-0.39, 0.29) is 18.3 Å². The number of thiazole rings is 2. The van der Waals surface area contributed by atoms with Crippen LogP contribution in [0.3, 0.4) is 0 Å². The van der Waals surface area contributed by atoms with Gasteiger partial charge in [0.1, 0.15) is 0 Å². The van der Waals surface area contributed by atoms with Crippen LogP contribution in [-0.2, 0) is 17.9 Å². The molecule has 8 rings (SSSR count). The summed E-state index contributed by atoms with van der Waals surface area (Å²) in [5, 5.41) is 19.3. The smallest absolute Gasteiger partial charge is 0.290 e. The van der Waals surface area contributed by atoms with Crippen LogP contribution in [-0.4, -0.2) is 118 Å². The number of aromatic nitrogens is 4. The summed E-state index contributed by atoms with van der Waals surface area (Å²) >= 11 is 3.23. The number of rotatable bonds is 20. The Labute approximate surface area is 401 Å². The molecule has 0 unspecified atom stereocenters. The van der Waals surface area contributed by atoms with Crippen molar-refractivity contribution in [1.29, 1.82) is 0 Å². The number of carboxylic acid groups (broad SMARTS) is 1. The fourth-order valence-electron chi connectivity index (χ4n) is 7.85. The number of hydrogen-bond donors (Lipinski definition) is 5. The van der Waals surface area contributed by atoms with E-state index in [4.69, 9.17) is 19.9 Å². The molecule has 67 heavy (non-hydrogen) atoms. The average Bonchev–Trinajstić information content (AvgIpc) is 4.12. The second kappa shape index (κ2) is 25.2. The molecule has 5 N–H and O–H groups in total. The van der Waals surface area contributed by atoms with Crippen molar-refractivity contribution < 1.29 is 19.5 Å². The molecule has 4 aromatic carbocycles. The minimum absolute atomic E-state index is 0.0140. The third-order valence-electron chi connectivity index (χ3n) is 11.6. The van der Waals surface area contributed by atoms with E-state index in [2.05, 4.69) is 128 Å². The maximum absolute atomic E-state index is 12.6. The molecule has 2 amide bonds. The first kappa shape index (κ1) is 50.4. The van der Waals surface area contributed by atoms with Crippen LogP contribution < -0.4 is 21.3 Å². The van der Waals surface area contributed by atoms with Crippen molar-refractivity contribution in [3.05, 3.63) is 120 Å². The molecule has 0 fully saturated rings. The Morgan fingerprint density at radius 3 is 1.33 bits per heavy atom.